The van der Waals surface area contributed by atoms with Crippen LogP contribution in [0.5, 0.6) is 0 Å². The molecule has 1 amide bonds. The van der Waals surface area contributed by atoms with Crippen LogP contribution in [0.1, 0.15) is 36.5 Å². The summed E-state index contributed by atoms with van der Waals surface area (Å²) in [4.78, 5) is 17.8. The van der Waals surface area contributed by atoms with Gasteiger partial charge in [0.1, 0.15) is 11.6 Å². The van der Waals surface area contributed by atoms with Crippen molar-refractivity contribution >= 4 is 5.91 Å². The van der Waals surface area contributed by atoms with E-state index in [1.165, 1.54) is 23.1 Å². The number of nitrogens with zero attached hydrogens (tertiary/aromatic N) is 3. The van der Waals surface area contributed by atoms with Gasteiger partial charge in [-0.1, -0.05) is 18.1 Å². The lowest BCUT2D eigenvalue weighted by Crippen LogP contribution is -2.25. The summed E-state index contributed by atoms with van der Waals surface area (Å²) in [6.07, 6.45) is 0.193. The van der Waals surface area contributed by atoms with Gasteiger partial charge in [-0.05, 0) is 18.7 Å². The van der Waals surface area contributed by atoms with Gasteiger partial charge in [0.2, 0.25) is 11.8 Å². The van der Waals surface area contributed by atoms with E-state index in [-0.39, 0.29) is 30.4 Å². The maximum Gasteiger partial charge on any atom is 0.232 e. The van der Waals surface area contributed by atoms with Crippen LogP contribution in [0.2, 0.25) is 0 Å². The van der Waals surface area contributed by atoms with E-state index in [2.05, 4.69) is 15.5 Å². The minimum Gasteiger partial charge on any atom is -0.339 e. The van der Waals surface area contributed by atoms with Crippen LogP contribution in [-0.4, -0.2) is 34.0 Å². The zero-order valence-electron chi connectivity index (χ0n) is 13.3. The third-order valence-corrected chi connectivity index (χ3v) is 3.99. The second-order valence-electron chi connectivity index (χ2n) is 5.70. The molecular formula is C16H18F2N4O2. The first kappa shape index (κ1) is 16.5. The van der Waals surface area contributed by atoms with Crippen LogP contribution in [0, 0.1) is 11.6 Å². The average Bonchev–Trinajstić information content (AvgIpc) is 3.16. The van der Waals surface area contributed by atoms with Crippen molar-refractivity contribution in [2.24, 2.45) is 0 Å². The number of nitrogens with one attached hydrogen (secondary N) is 1. The van der Waals surface area contributed by atoms with Crippen molar-refractivity contribution < 1.29 is 18.1 Å². The molecule has 3 rings (SSSR count). The van der Waals surface area contributed by atoms with Gasteiger partial charge in [-0.25, -0.2) is 8.78 Å². The van der Waals surface area contributed by atoms with E-state index in [1.54, 1.807) is 0 Å². The lowest BCUT2D eigenvalue weighted by atomic mass is 10.1. The van der Waals surface area contributed by atoms with Crippen molar-refractivity contribution in [2.45, 2.75) is 32.4 Å². The summed E-state index contributed by atoms with van der Waals surface area (Å²) in [7, 11) is 0. The molecule has 1 fully saturated rings. The fourth-order valence-electron chi connectivity index (χ4n) is 2.71. The average molecular weight is 336 g/mol. The van der Waals surface area contributed by atoms with Crippen molar-refractivity contribution in [3.05, 3.63) is 47.1 Å². The summed E-state index contributed by atoms with van der Waals surface area (Å²) in [6, 6.07) is 3.66. The van der Waals surface area contributed by atoms with Crippen molar-refractivity contribution in [3.63, 3.8) is 0 Å². The minimum absolute atomic E-state index is 0.105. The Kier molecular flexibility index (Phi) is 4.84. The van der Waals surface area contributed by atoms with Crippen molar-refractivity contribution in [2.75, 3.05) is 13.1 Å². The Bertz CT molecular complexity index is 714. The number of aromatic nitrogens is 2. The number of hydrogen-bond acceptors (Lipinski definition) is 5. The van der Waals surface area contributed by atoms with E-state index in [9.17, 15) is 13.6 Å². The smallest absolute Gasteiger partial charge is 0.232 e. The Morgan fingerprint density at radius 1 is 1.38 bits per heavy atom. The van der Waals surface area contributed by atoms with E-state index >= 15 is 0 Å². The fraction of sp³-hybridized carbons (Fsp3) is 0.438. The summed E-state index contributed by atoms with van der Waals surface area (Å²) in [5.41, 5.74) is -0.107. The van der Waals surface area contributed by atoms with E-state index < -0.39 is 11.6 Å². The topological polar surface area (TPSA) is 71.3 Å². The van der Waals surface area contributed by atoms with Gasteiger partial charge in [0, 0.05) is 18.5 Å². The lowest BCUT2D eigenvalue weighted by molar-refractivity contribution is -0.128. The van der Waals surface area contributed by atoms with E-state index in [0.29, 0.717) is 24.8 Å². The Hall–Kier alpha value is -2.35. The first-order valence-electron chi connectivity index (χ1n) is 7.82. The van der Waals surface area contributed by atoms with Gasteiger partial charge in [-0.2, -0.15) is 4.98 Å². The molecule has 0 spiro atoms. The van der Waals surface area contributed by atoms with Gasteiger partial charge in [-0.3, -0.25) is 4.79 Å². The van der Waals surface area contributed by atoms with Gasteiger partial charge in [-0.15, -0.1) is 0 Å². The normalized spacial score (nSPS) is 17.7. The van der Waals surface area contributed by atoms with Crippen molar-refractivity contribution in [1.29, 1.82) is 0 Å². The molecule has 1 aromatic heterocycles. The van der Waals surface area contributed by atoms with Crippen molar-refractivity contribution in [1.82, 2.24) is 20.4 Å². The molecular weight excluding hydrogens is 318 g/mol. The Balaban J connectivity index is 1.68. The van der Waals surface area contributed by atoms with E-state index in [4.69, 9.17) is 4.52 Å². The van der Waals surface area contributed by atoms with Gasteiger partial charge in [0.05, 0.1) is 19.0 Å². The Morgan fingerprint density at radius 2 is 2.12 bits per heavy atom. The molecule has 1 aliphatic rings. The molecule has 2 heterocycles. The molecule has 1 aliphatic heterocycles. The van der Waals surface area contributed by atoms with E-state index in [0.717, 1.165) is 6.54 Å². The Labute approximate surface area is 137 Å². The third-order valence-electron chi connectivity index (χ3n) is 3.99. The number of likely N-dealkylation sites (tertiary alicyclic amines) is 1. The molecule has 2 aromatic rings. The lowest BCUT2D eigenvalue weighted by Gasteiger charge is -2.16. The monoisotopic (exact) mass is 336 g/mol. The first-order valence-corrected chi connectivity index (χ1v) is 7.82. The van der Waals surface area contributed by atoms with Gasteiger partial charge in [0.25, 0.3) is 0 Å². The van der Waals surface area contributed by atoms with E-state index in [1.807, 2.05) is 6.92 Å². The highest BCUT2D eigenvalue weighted by Gasteiger charge is 2.35. The van der Waals surface area contributed by atoms with Crippen LogP contribution >= 0.6 is 0 Å². The molecule has 1 unspecified atom stereocenters. The molecule has 1 aromatic carbocycles. The van der Waals surface area contributed by atoms with Crippen LogP contribution in [0.3, 0.4) is 0 Å². The maximum absolute atomic E-state index is 13.7. The summed E-state index contributed by atoms with van der Waals surface area (Å²) >= 11 is 0. The SMILES string of the molecule is CCNCc1noc(C2CC(=O)N(Cc3c(F)cccc3F)C2)n1. The molecule has 24 heavy (non-hydrogen) atoms. The van der Waals surface area contributed by atoms with Crippen LogP contribution in [0.4, 0.5) is 8.78 Å². The quantitative estimate of drug-likeness (QED) is 0.873. The molecule has 0 radical (unpaired) electrons. The summed E-state index contributed by atoms with van der Waals surface area (Å²) < 4.78 is 32.7. The summed E-state index contributed by atoms with van der Waals surface area (Å²) in [5.74, 6) is -0.844. The molecule has 128 valence electrons. The number of amides is 1. The molecule has 1 atom stereocenters. The number of carbonyl (C=O) groups is 1. The first-order chi connectivity index (χ1) is 11.6. The van der Waals surface area contributed by atoms with Crippen molar-refractivity contribution in [3.8, 4) is 0 Å². The highest BCUT2D eigenvalue weighted by atomic mass is 19.1. The standard InChI is InChI=1S/C16H18F2N4O2/c1-2-19-7-14-20-16(24-21-14)10-6-15(23)22(8-10)9-11-12(17)4-3-5-13(11)18/h3-5,10,19H,2,6-9H2,1H3. The second-order valence-corrected chi connectivity index (χ2v) is 5.70. The number of benzene rings is 1. The van der Waals surface area contributed by atoms with Gasteiger partial charge < -0.3 is 14.7 Å². The third kappa shape index (κ3) is 3.43. The number of halogens is 2. The highest BCUT2D eigenvalue weighted by molar-refractivity contribution is 5.79. The predicted molar refractivity (Wildman–Crippen MR) is 80.8 cm³/mol. The van der Waals surface area contributed by atoms with Crippen LogP contribution in [-0.2, 0) is 17.9 Å². The number of rotatable bonds is 6. The summed E-state index contributed by atoms with van der Waals surface area (Å²) in [5, 5.41) is 6.95. The Morgan fingerprint density at radius 3 is 2.83 bits per heavy atom. The van der Waals surface area contributed by atoms with Crippen LogP contribution in [0.25, 0.3) is 0 Å². The molecule has 8 heteroatoms. The summed E-state index contributed by atoms with van der Waals surface area (Å²) in [6.45, 7) is 3.44. The maximum atomic E-state index is 13.7. The zero-order chi connectivity index (χ0) is 17.1. The number of carbonyl (C=O) groups excluding carboxylic acids is 1. The highest BCUT2D eigenvalue weighted by Crippen LogP contribution is 2.29. The van der Waals surface area contributed by atoms with Gasteiger partial charge in [0.15, 0.2) is 5.82 Å². The van der Waals surface area contributed by atoms with Gasteiger partial charge >= 0.3 is 0 Å². The molecule has 0 bridgehead atoms. The predicted octanol–water partition coefficient (Wildman–Crippen LogP) is 1.97. The minimum atomic E-state index is -0.656. The van der Waals surface area contributed by atoms with Crippen LogP contribution < -0.4 is 5.32 Å². The molecule has 1 N–H and O–H groups in total. The zero-order valence-corrected chi connectivity index (χ0v) is 13.3. The largest absolute Gasteiger partial charge is 0.339 e. The second kappa shape index (κ2) is 7.04. The molecule has 6 nitrogen and oxygen atoms in total. The molecule has 1 saturated heterocycles. The molecule has 0 saturated carbocycles. The fourth-order valence-corrected chi connectivity index (χ4v) is 2.71. The number of hydrogen-bond donors (Lipinski definition) is 1. The van der Waals surface area contributed by atoms with Crippen LogP contribution in [0.15, 0.2) is 22.7 Å². The molecule has 0 aliphatic carbocycles.